The quantitative estimate of drug-likeness (QED) is 0.427. The van der Waals surface area contributed by atoms with E-state index >= 15 is 0 Å². The first-order valence-corrected chi connectivity index (χ1v) is 12.5. The van der Waals surface area contributed by atoms with Gasteiger partial charge >= 0.3 is 0 Å². The Kier molecular flexibility index (Phi) is 8.19. The SMILES string of the molecule is CCCC(NC(=O)CCc1ncc(-c2ccc(C)cc2)o1)C(=O)Nc1cccc(N2CCCC2)c1. The van der Waals surface area contributed by atoms with Gasteiger partial charge in [0.25, 0.3) is 0 Å². The number of anilines is 2. The Morgan fingerprint density at radius 2 is 1.89 bits per heavy atom. The van der Waals surface area contributed by atoms with Gasteiger partial charge in [-0.25, -0.2) is 4.98 Å². The van der Waals surface area contributed by atoms with Crippen molar-refractivity contribution in [1.29, 1.82) is 0 Å². The van der Waals surface area contributed by atoms with Crippen molar-refractivity contribution in [1.82, 2.24) is 10.3 Å². The maximum absolute atomic E-state index is 13.0. The highest BCUT2D eigenvalue weighted by atomic mass is 16.4. The number of nitrogens with zero attached hydrogens (tertiary/aromatic N) is 2. The summed E-state index contributed by atoms with van der Waals surface area (Å²) < 4.78 is 5.82. The lowest BCUT2D eigenvalue weighted by Gasteiger charge is -2.20. The van der Waals surface area contributed by atoms with E-state index in [1.165, 1.54) is 18.4 Å². The van der Waals surface area contributed by atoms with Crippen molar-refractivity contribution >= 4 is 23.2 Å². The van der Waals surface area contributed by atoms with Gasteiger partial charge < -0.3 is 20.0 Å². The van der Waals surface area contributed by atoms with E-state index in [1.54, 1.807) is 6.20 Å². The molecule has 2 heterocycles. The van der Waals surface area contributed by atoms with E-state index in [9.17, 15) is 9.59 Å². The van der Waals surface area contributed by atoms with E-state index in [4.69, 9.17) is 4.42 Å². The molecule has 7 heteroatoms. The van der Waals surface area contributed by atoms with Gasteiger partial charge in [0.15, 0.2) is 11.7 Å². The molecule has 184 valence electrons. The summed E-state index contributed by atoms with van der Waals surface area (Å²) in [6, 6.07) is 15.3. The molecule has 0 bridgehead atoms. The Morgan fingerprint density at radius 1 is 1.11 bits per heavy atom. The fourth-order valence-electron chi connectivity index (χ4n) is 4.31. The Balaban J connectivity index is 1.30. The van der Waals surface area contributed by atoms with E-state index in [2.05, 4.69) is 26.6 Å². The molecule has 2 amide bonds. The first-order valence-electron chi connectivity index (χ1n) is 12.5. The van der Waals surface area contributed by atoms with Crippen LogP contribution in [0.25, 0.3) is 11.3 Å². The molecular weight excluding hydrogens is 440 g/mol. The predicted molar refractivity (Wildman–Crippen MR) is 138 cm³/mol. The summed E-state index contributed by atoms with van der Waals surface area (Å²) in [5.74, 6) is 0.793. The maximum atomic E-state index is 13.0. The number of hydrogen-bond donors (Lipinski definition) is 2. The Morgan fingerprint density at radius 3 is 2.63 bits per heavy atom. The number of carbonyl (C=O) groups excluding carboxylic acids is 2. The summed E-state index contributed by atoms with van der Waals surface area (Å²) >= 11 is 0. The van der Waals surface area contributed by atoms with Gasteiger partial charge in [-0.1, -0.05) is 49.2 Å². The third kappa shape index (κ3) is 6.72. The summed E-state index contributed by atoms with van der Waals surface area (Å²) in [7, 11) is 0. The smallest absolute Gasteiger partial charge is 0.246 e. The van der Waals surface area contributed by atoms with E-state index in [0.29, 0.717) is 24.5 Å². The van der Waals surface area contributed by atoms with Crippen LogP contribution in [-0.2, 0) is 16.0 Å². The second kappa shape index (κ2) is 11.7. The Bertz CT molecular complexity index is 1130. The van der Waals surface area contributed by atoms with Gasteiger partial charge in [0.05, 0.1) is 6.20 Å². The van der Waals surface area contributed by atoms with Crippen molar-refractivity contribution in [3.05, 3.63) is 66.2 Å². The third-order valence-electron chi connectivity index (χ3n) is 6.27. The average Bonchev–Trinajstić information content (AvgIpc) is 3.56. The van der Waals surface area contributed by atoms with Crippen LogP contribution in [0, 0.1) is 6.92 Å². The lowest BCUT2D eigenvalue weighted by Crippen LogP contribution is -2.43. The molecule has 1 saturated heterocycles. The molecule has 7 nitrogen and oxygen atoms in total. The fraction of sp³-hybridized carbons (Fsp3) is 0.393. The highest BCUT2D eigenvalue weighted by Gasteiger charge is 2.21. The molecule has 1 aliphatic heterocycles. The molecule has 1 aliphatic rings. The highest BCUT2D eigenvalue weighted by molar-refractivity contribution is 5.97. The minimum absolute atomic E-state index is 0.195. The number of hydrogen-bond acceptors (Lipinski definition) is 5. The molecule has 0 aliphatic carbocycles. The minimum Gasteiger partial charge on any atom is -0.441 e. The van der Waals surface area contributed by atoms with Gasteiger partial charge in [0.1, 0.15) is 6.04 Å². The van der Waals surface area contributed by atoms with E-state index in [0.717, 1.165) is 36.4 Å². The molecule has 4 rings (SSSR count). The highest BCUT2D eigenvalue weighted by Crippen LogP contribution is 2.24. The zero-order valence-electron chi connectivity index (χ0n) is 20.5. The summed E-state index contributed by atoms with van der Waals surface area (Å²) in [6.07, 6.45) is 6.00. The number of carbonyl (C=O) groups is 2. The molecule has 0 radical (unpaired) electrons. The van der Waals surface area contributed by atoms with Crippen molar-refractivity contribution in [3.63, 3.8) is 0 Å². The normalized spacial score (nSPS) is 14.1. The van der Waals surface area contributed by atoms with E-state index in [1.807, 2.05) is 56.3 Å². The number of rotatable bonds is 10. The third-order valence-corrected chi connectivity index (χ3v) is 6.27. The first kappa shape index (κ1) is 24.5. The first-order chi connectivity index (χ1) is 17.0. The average molecular weight is 475 g/mol. The van der Waals surface area contributed by atoms with Crippen LogP contribution in [0.3, 0.4) is 0 Å². The summed E-state index contributed by atoms with van der Waals surface area (Å²) in [5.41, 5.74) is 3.99. The number of nitrogens with one attached hydrogen (secondary N) is 2. The molecule has 0 saturated carbocycles. The van der Waals surface area contributed by atoms with Crippen LogP contribution in [-0.4, -0.2) is 35.9 Å². The Labute approximate surface area is 206 Å². The number of aryl methyl sites for hydroxylation is 2. The fourth-order valence-corrected chi connectivity index (χ4v) is 4.31. The molecule has 1 fully saturated rings. The van der Waals surface area contributed by atoms with Crippen LogP contribution in [0.5, 0.6) is 0 Å². The van der Waals surface area contributed by atoms with Crippen molar-refractivity contribution in [2.75, 3.05) is 23.3 Å². The Hall–Kier alpha value is -3.61. The van der Waals surface area contributed by atoms with Crippen LogP contribution >= 0.6 is 0 Å². The second-order valence-corrected chi connectivity index (χ2v) is 9.13. The standard InChI is InChI=1S/C28H34N4O3/c1-3-7-24(28(34)30-22-8-6-9-23(18-22)32-16-4-5-17-32)31-26(33)14-15-27-29-19-25(35-27)21-12-10-20(2)11-13-21/h6,8-13,18-19,24H,3-5,7,14-17H2,1-2H3,(H,30,34)(H,31,33). The minimum atomic E-state index is -0.587. The van der Waals surface area contributed by atoms with Gasteiger partial charge in [-0.2, -0.15) is 0 Å². The van der Waals surface area contributed by atoms with Gasteiger partial charge in [-0.15, -0.1) is 0 Å². The van der Waals surface area contributed by atoms with Crippen molar-refractivity contribution in [3.8, 4) is 11.3 Å². The number of amides is 2. The molecule has 2 N–H and O–H groups in total. The van der Waals surface area contributed by atoms with Gasteiger partial charge in [-0.05, 0) is 44.4 Å². The van der Waals surface area contributed by atoms with Crippen LogP contribution in [0.2, 0.25) is 0 Å². The van der Waals surface area contributed by atoms with Crippen LogP contribution in [0.15, 0.2) is 59.1 Å². The monoisotopic (exact) mass is 474 g/mol. The second-order valence-electron chi connectivity index (χ2n) is 9.13. The molecule has 2 aromatic carbocycles. The summed E-state index contributed by atoms with van der Waals surface area (Å²) in [4.78, 5) is 32.2. The summed E-state index contributed by atoms with van der Waals surface area (Å²) in [5, 5.41) is 5.88. The number of aromatic nitrogens is 1. The van der Waals surface area contributed by atoms with Gasteiger partial charge in [0, 0.05) is 42.9 Å². The van der Waals surface area contributed by atoms with Gasteiger partial charge in [0.2, 0.25) is 11.8 Å². The molecule has 35 heavy (non-hydrogen) atoms. The van der Waals surface area contributed by atoms with Gasteiger partial charge in [-0.3, -0.25) is 9.59 Å². The van der Waals surface area contributed by atoms with E-state index in [-0.39, 0.29) is 18.2 Å². The molecule has 1 unspecified atom stereocenters. The van der Waals surface area contributed by atoms with Crippen molar-refractivity contribution in [2.45, 2.75) is 58.4 Å². The van der Waals surface area contributed by atoms with Crippen LogP contribution < -0.4 is 15.5 Å². The predicted octanol–water partition coefficient (Wildman–Crippen LogP) is 5.11. The van der Waals surface area contributed by atoms with Crippen molar-refractivity contribution in [2.24, 2.45) is 0 Å². The van der Waals surface area contributed by atoms with E-state index < -0.39 is 6.04 Å². The lowest BCUT2D eigenvalue weighted by atomic mass is 10.1. The topological polar surface area (TPSA) is 87.5 Å². The molecule has 3 aromatic rings. The number of oxazole rings is 1. The lowest BCUT2D eigenvalue weighted by molar-refractivity contribution is -0.126. The summed E-state index contributed by atoms with van der Waals surface area (Å²) in [6.45, 7) is 6.12. The maximum Gasteiger partial charge on any atom is 0.246 e. The van der Waals surface area contributed by atoms with Crippen LogP contribution in [0.1, 0.15) is 50.5 Å². The zero-order chi connectivity index (χ0) is 24.6. The molecule has 1 aromatic heterocycles. The zero-order valence-corrected chi connectivity index (χ0v) is 20.5. The molecule has 0 spiro atoms. The van der Waals surface area contributed by atoms with Crippen molar-refractivity contribution < 1.29 is 14.0 Å². The molecular formula is C28H34N4O3. The molecule has 1 atom stereocenters. The van der Waals surface area contributed by atoms with Crippen LogP contribution in [0.4, 0.5) is 11.4 Å². The largest absolute Gasteiger partial charge is 0.441 e. The number of benzene rings is 2.